The highest BCUT2D eigenvalue weighted by molar-refractivity contribution is 6.30. The van der Waals surface area contributed by atoms with E-state index < -0.39 is 0 Å². The summed E-state index contributed by atoms with van der Waals surface area (Å²) in [5.41, 5.74) is 0.962. The Morgan fingerprint density at radius 3 is 2.88 bits per heavy atom. The third-order valence-corrected chi connectivity index (χ3v) is 2.91. The van der Waals surface area contributed by atoms with Crippen molar-refractivity contribution < 1.29 is 9.47 Å². The Kier molecular flexibility index (Phi) is 4.48. The molecule has 1 saturated heterocycles. The van der Waals surface area contributed by atoms with Crippen LogP contribution in [0.25, 0.3) is 0 Å². The Bertz CT molecular complexity index is 370. The Morgan fingerprint density at radius 2 is 2.24 bits per heavy atom. The second-order valence-corrected chi connectivity index (χ2v) is 4.40. The van der Waals surface area contributed by atoms with Gasteiger partial charge in [-0.05, 0) is 12.1 Å². The molecule has 0 aliphatic carbocycles. The van der Waals surface area contributed by atoms with Gasteiger partial charge in [-0.2, -0.15) is 0 Å². The Morgan fingerprint density at radius 1 is 1.41 bits per heavy atom. The molecule has 0 bridgehead atoms. The van der Waals surface area contributed by atoms with Gasteiger partial charge in [0.1, 0.15) is 5.75 Å². The summed E-state index contributed by atoms with van der Waals surface area (Å²) in [4.78, 5) is 0. The molecule has 4 nitrogen and oxygen atoms in total. The van der Waals surface area contributed by atoms with Gasteiger partial charge in [0.2, 0.25) is 0 Å². The molecule has 0 atom stereocenters. The van der Waals surface area contributed by atoms with Crippen LogP contribution in [-0.2, 0) is 4.74 Å². The normalized spacial score (nSPS) is 15.4. The molecule has 5 heteroatoms. The van der Waals surface area contributed by atoms with Gasteiger partial charge in [-0.25, -0.2) is 0 Å². The highest BCUT2D eigenvalue weighted by atomic mass is 35.5. The molecule has 1 aromatic rings. The van der Waals surface area contributed by atoms with Gasteiger partial charge in [0.15, 0.2) is 0 Å². The molecule has 2 N–H and O–H groups in total. The van der Waals surface area contributed by atoms with Gasteiger partial charge in [-0.3, -0.25) is 0 Å². The van der Waals surface area contributed by atoms with Crippen LogP contribution >= 0.6 is 11.6 Å². The molecular weight excluding hydrogens is 240 g/mol. The van der Waals surface area contributed by atoms with E-state index >= 15 is 0 Å². The number of rotatable bonds is 6. The van der Waals surface area contributed by atoms with Crippen molar-refractivity contribution in [1.82, 2.24) is 5.32 Å². The molecule has 2 rings (SSSR count). The minimum absolute atomic E-state index is 0.518. The first-order chi connectivity index (χ1) is 8.29. The van der Waals surface area contributed by atoms with E-state index in [1.807, 2.05) is 12.1 Å². The second-order valence-electron chi connectivity index (χ2n) is 3.96. The van der Waals surface area contributed by atoms with Crippen LogP contribution in [0, 0.1) is 0 Å². The van der Waals surface area contributed by atoms with Gasteiger partial charge in [0.05, 0.1) is 32.1 Å². The predicted molar refractivity (Wildman–Crippen MR) is 69.1 cm³/mol. The third kappa shape index (κ3) is 3.49. The van der Waals surface area contributed by atoms with Crippen molar-refractivity contribution in [3.63, 3.8) is 0 Å². The first kappa shape index (κ1) is 12.5. The lowest BCUT2D eigenvalue weighted by Gasteiger charge is -2.27. The summed E-state index contributed by atoms with van der Waals surface area (Å²) in [6, 6.07) is 6.09. The van der Waals surface area contributed by atoms with Crippen molar-refractivity contribution in [3.8, 4) is 5.75 Å². The van der Waals surface area contributed by atoms with E-state index in [1.165, 1.54) is 0 Å². The zero-order valence-electron chi connectivity index (χ0n) is 9.83. The Balaban J connectivity index is 1.77. The molecule has 1 heterocycles. The number of anilines is 1. The predicted octanol–water partition coefficient (Wildman–Crippen LogP) is 1.75. The van der Waals surface area contributed by atoms with E-state index in [0.29, 0.717) is 11.1 Å². The van der Waals surface area contributed by atoms with E-state index in [2.05, 4.69) is 10.6 Å². The average Bonchev–Trinajstić information content (AvgIpc) is 2.28. The van der Waals surface area contributed by atoms with E-state index in [0.717, 1.165) is 37.7 Å². The highest BCUT2D eigenvalue weighted by Crippen LogP contribution is 2.27. The van der Waals surface area contributed by atoms with Crippen LogP contribution < -0.4 is 15.4 Å². The summed E-state index contributed by atoms with van der Waals surface area (Å²) in [5, 5.41) is 7.37. The zero-order chi connectivity index (χ0) is 12.1. The maximum absolute atomic E-state index is 5.89. The molecule has 17 heavy (non-hydrogen) atoms. The monoisotopic (exact) mass is 256 g/mol. The van der Waals surface area contributed by atoms with Crippen LogP contribution in [-0.4, -0.2) is 39.5 Å². The molecule has 0 unspecified atom stereocenters. The summed E-state index contributed by atoms with van der Waals surface area (Å²) in [6.07, 6.45) is 0. The number of halogens is 1. The maximum Gasteiger partial charge on any atom is 0.143 e. The number of benzene rings is 1. The van der Waals surface area contributed by atoms with Crippen molar-refractivity contribution >= 4 is 17.3 Å². The largest absolute Gasteiger partial charge is 0.495 e. The van der Waals surface area contributed by atoms with Crippen molar-refractivity contribution in [2.24, 2.45) is 0 Å². The van der Waals surface area contributed by atoms with Crippen LogP contribution in [0.5, 0.6) is 5.75 Å². The molecule has 1 fully saturated rings. The van der Waals surface area contributed by atoms with Crippen molar-refractivity contribution in [2.45, 2.75) is 6.04 Å². The molecule has 1 aliphatic heterocycles. The fourth-order valence-corrected chi connectivity index (χ4v) is 1.80. The molecule has 94 valence electrons. The molecule has 0 amide bonds. The van der Waals surface area contributed by atoms with Crippen LogP contribution in [0.15, 0.2) is 18.2 Å². The van der Waals surface area contributed by atoms with Crippen molar-refractivity contribution in [3.05, 3.63) is 23.2 Å². The molecule has 1 aliphatic rings. The molecule has 0 saturated carbocycles. The molecule has 0 radical (unpaired) electrons. The minimum Gasteiger partial charge on any atom is -0.495 e. The standard InChI is InChI=1S/C12H17ClN2O2/c1-16-12-6-9(13)2-3-11(12)15-5-4-14-10-7-17-8-10/h2-3,6,10,14-15H,4-5,7-8H2,1H3. The Hall–Kier alpha value is -0.970. The second kappa shape index (κ2) is 6.10. The fourth-order valence-electron chi connectivity index (χ4n) is 1.64. The lowest BCUT2D eigenvalue weighted by Crippen LogP contribution is -2.47. The third-order valence-electron chi connectivity index (χ3n) is 2.68. The van der Waals surface area contributed by atoms with E-state index in [4.69, 9.17) is 21.1 Å². The number of hydrogen-bond donors (Lipinski definition) is 2. The van der Waals surface area contributed by atoms with E-state index in [9.17, 15) is 0 Å². The fraction of sp³-hybridized carbons (Fsp3) is 0.500. The average molecular weight is 257 g/mol. The minimum atomic E-state index is 0.518. The van der Waals surface area contributed by atoms with Crippen LogP contribution in [0.1, 0.15) is 0 Å². The summed E-state index contributed by atoms with van der Waals surface area (Å²) in [5.74, 6) is 0.768. The van der Waals surface area contributed by atoms with Gasteiger partial charge in [0, 0.05) is 24.2 Å². The highest BCUT2D eigenvalue weighted by Gasteiger charge is 2.16. The van der Waals surface area contributed by atoms with E-state index in [1.54, 1.807) is 13.2 Å². The SMILES string of the molecule is COc1cc(Cl)ccc1NCCNC1COC1. The number of hydrogen-bond acceptors (Lipinski definition) is 4. The lowest BCUT2D eigenvalue weighted by molar-refractivity contribution is -0.00433. The maximum atomic E-state index is 5.89. The first-order valence-corrected chi connectivity index (χ1v) is 6.06. The van der Waals surface area contributed by atoms with Crippen molar-refractivity contribution in [1.29, 1.82) is 0 Å². The van der Waals surface area contributed by atoms with Gasteiger partial charge in [0.25, 0.3) is 0 Å². The zero-order valence-corrected chi connectivity index (χ0v) is 10.6. The number of ether oxygens (including phenoxy) is 2. The van der Waals surface area contributed by atoms with Crippen molar-refractivity contribution in [2.75, 3.05) is 38.7 Å². The summed E-state index contributed by atoms with van der Waals surface area (Å²) in [6.45, 7) is 3.39. The summed E-state index contributed by atoms with van der Waals surface area (Å²) < 4.78 is 10.3. The Labute approximate surface area is 106 Å². The van der Waals surface area contributed by atoms with E-state index in [-0.39, 0.29) is 0 Å². The van der Waals surface area contributed by atoms with Gasteiger partial charge in [-0.1, -0.05) is 11.6 Å². The first-order valence-electron chi connectivity index (χ1n) is 5.68. The summed E-state index contributed by atoms with van der Waals surface area (Å²) in [7, 11) is 1.64. The van der Waals surface area contributed by atoms with Gasteiger partial charge < -0.3 is 20.1 Å². The lowest BCUT2D eigenvalue weighted by atomic mass is 10.2. The quantitative estimate of drug-likeness (QED) is 0.761. The van der Waals surface area contributed by atoms with Gasteiger partial charge >= 0.3 is 0 Å². The van der Waals surface area contributed by atoms with Crippen LogP contribution in [0.3, 0.4) is 0 Å². The molecule has 0 aromatic heterocycles. The smallest absolute Gasteiger partial charge is 0.143 e. The number of methoxy groups -OCH3 is 1. The summed E-state index contributed by atoms with van der Waals surface area (Å²) >= 11 is 5.89. The molecule has 0 spiro atoms. The van der Waals surface area contributed by atoms with Crippen LogP contribution in [0.4, 0.5) is 5.69 Å². The van der Waals surface area contributed by atoms with Gasteiger partial charge in [-0.15, -0.1) is 0 Å². The molecule has 1 aromatic carbocycles. The number of nitrogens with one attached hydrogen (secondary N) is 2. The molecular formula is C12H17ClN2O2. The topological polar surface area (TPSA) is 42.5 Å². The van der Waals surface area contributed by atoms with Crippen LogP contribution in [0.2, 0.25) is 5.02 Å².